The number of carboxylic acids is 1. The zero-order chi connectivity index (χ0) is 12.7. The largest absolute Gasteiger partial charge is 0.480 e. The van der Waals surface area contributed by atoms with Crippen molar-refractivity contribution < 1.29 is 14.7 Å². The van der Waals surface area contributed by atoms with E-state index in [0.717, 1.165) is 0 Å². The molecule has 0 saturated carbocycles. The average molecular weight is 241 g/mol. The maximum atomic E-state index is 11.2. The fourth-order valence-electron chi connectivity index (χ4n) is 1.10. The molecule has 1 atom stereocenters. The van der Waals surface area contributed by atoms with Crippen molar-refractivity contribution in [1.82, 2.24) is 25.6 Å². The smallest absolute Gasteiger partial charge is 0.325 e. The summed E-state index contributed by atoms with van der Waals surface area (Å²) in [5, 5.41) is 20.8. The number of nitrogens with zero attached hydrogens (tertiary/aromatic N) is 3. The molecule has 0 unspecified atom stereocenters. The Labute approximate surface area is 98.0 Å². The van der Waals surface area contributed by atoms with E-state index in [1.54, 1.807) is 17.1 Å². The number of carboxylic acid groups (broad SMARTS) is 1. The van der Waals surface area contributed by atoms with Gasteiger partial charge >= 0.3 is 12.0 Å². The summed E-state index contributed by atoms with van der Waals surface area (Å²) in [7, 11) is 0. The lowest BCUT2D eigenvalue weighted by Crippen LogP contribution is -2.44. The Kier molecular flexibility index (Phi) is 4.92. The fraction of sp³-hybridized carbons (Fsp3) is 0.556. The van der Waals surface area contributed by atoms with Crippen molar-refractivity contribution in [3.63, 3.8) is 0 Å². The summed E-state index contributed by atoms with van der Waals surface area (Å²) in [6, 6.07) is -1.39. The van der Waals surface area contributed by atoms with Crippen molar-refractivity contribution in [2.75, 3.05) is 6.54 Å². The predicted octanol–water partition coefficient (Wildman–Crippen LogP) is -0.559. The summed E-state index contributed by atoms with van der Waals surface area (Å²) in [5.41, 5.74) is 0. The van der Waals surface area contributed by atoms with Crippen molar-refractivity contribution in [2.24, 2.45) is 0 Å². The topological polar surface area (TPSA) is 109 Å². The first kappa shape index (κ1) is 12.9. The van der Waals surface area contributed by atoms with Crippen LogP contribution in [0.25, 0.3) is 0 Å². The van der Waals surface area contributed by atoms with Crippen molar-refractivity contribution in [3.8, 4) is 0 Å². The molecular weight excluding hydrogens is 226 g/mol. The van der Waals surface area contributed by atoms with Crippen LogP contribution < -0.4 is 10.6 Å². The van der Waals surface area contributed by atoms with Gasteiger partial charge in [-0.1, -0.05) is 5.21 Å². The van der Waals surface area contributed by atoms with E-state index in [2.05, 4.69) is 20.9 Å². The molecule has 1 aromatic rings. The number of hydrogen-bond acceptors (Lipinski definition) is 4. The minimum absolute atomic E-state index is 0.442. The maximum Gasteiger partial charge on any atom is 0.325 e. The lowest BCUT2D eigenvalue weighted by Gasteiger charge is -2.10. The van der Waals surface area contributed by atoms with Gasteiger partial charge < -0.3 is 15.7 Å². The normalized spacial score (nSPS) is 11.8. The van der Waals surface area contributed by atoms with E-state index in [-0.39, 0.29) is 0 Å². The number of carbonyl (C=O) groups is 2. The number of urea groups is 1. The summed E-state index contributed by atoms with van der Waals surface area (Å²) in [6.07, 6.45) is 4.00. The molecule has 0 bridgehead atoms. The van der Waals surface area contributed by atoms with E-state index in [1.807, 2.05) is 0 Å². The van der Waals surface area contributed by atoms with Gasteiger partial charge in [0.2, 0.25) is 0 Å². The maximum absolute atomic E-state index is 11.2. The zero-order valence-corrected chi connectivity index (χ0v) is 9.46. The molecule has 2 amide bonds. The standard InChI is InChI=1S/C9H15N5O3/c1-7(8(15)16)12-9(17)10-3-2-5-14-6-4-11-13-14/h4,6-7H,2-3,5H2,1H3,(H,15,16)(H2,10,12,17)/t7-/m0/s1. The van der Waals surface area contributed by atoms with E-state index in [0.29, 0.717) is 19.5 Å². The van der Waals surface area contributed by atoms with Gasteiger partial charge in [0.1, 0.15) is 6.04 Å². The highest BCUT2D eigenvalue weighted by molar-refractivity contribution is 5.82. The van der Waals surface area contributed by atoms with E-state index in [1.165, 1.54) is 6.92 Å². The third kappa shape index (κ3) is 4.96. The number of aliphatic carboxylic acids is 1. The molecule has 8 heteroatoms. The number of carbonyl (C=O) groups excluding carboxylic acids is 1. The molecule has 3 N–H and O–H groups in total. The molecule has 1 heterocycles. The van der Waals surface area contributed by atoms with E-state index in [4.69, 9.17) is 5.11 Å². The molecule has 1 rings (SSSR count). The highest BCUT2D eigenvalue weighted by Gasteiger charge is 2.12. The minimum atomic E-state index is -1.07. The number of amides is 2. The Bertz CT molecular complexity index is 365. The molecule has 94 valence electrons. The molecule has 0 radical (unpaired) electrons. The van der Waals surface area contributed by atoms with Gasteiger partial charge in [-0.25, -0.2) is 4.79 Å². The van der Waals surface area contributed by atoms with Crippen LogP contribution in [-0.4, -0.2) is 44.7 Å². The van der Waals surface area contributed by atoms with Gasteiger partial charge in [-0.2, -0.15) is 0 Å². The molecule has 0 aliphatic heterocycles. The number of aryl methyl sites for hydroxylation is 1. The second-order valence-electron chi connectivity index (χ2n) is 3.48. The van der Waals surface area contributed by atoms with E-state index < -0.39 is 18.0 Å². The van der Waals surface area contributed by atoms with Crippen LogP contribution in [0.5, 0.6) is 0 Å². The number of nitrogens with one attached hydrogen (secondary N) is 2. The fourth-order valence-corrected chi connectivity index (χ4v) is 1.10. The molecule has 0 aliphatic carbocycles. The molecule has 1 aromatic heterocycles. The number of hydrogen-bond donors (Lipinski definition) is 3. The lowest BCUT2D eigenvalue weighted by molar-refractivity contribution is -0.138. The molecular formula is C9H15N5O3. The van der Waals surface area contributed by atoms with Gasteiger partial charge in [-0.15, -0.1) is 5.10 Å². The SMILES string of the molecule is C[C@H](NC(=O)NCCCn1ccnn1)C(=O)O. The molecule has 0 saturated heterocycles. The van der Waals surface area contributed by atoms with Crippen LogP contribution in [0.2, 0.25) is 0 Å². The van der Waals surface area contributed by atoms with Crippen LogP contribution in [0.3, 0.4) is 0 Å². The summed E-state index contributed by atoms with van der Waals surface area (Å²) in [6.45, 7) is 2.49. The van der Waals surface area contributed by atoms with Gasteiger partial charge in [0.25, 0.3) is 0 Å². The minimum Gasteiger partial charge on any atom is -0.480 e. The van der Waals surface area contributed by atoms with Gasteiger partial charge in [0.15, 0.2) is 0 Å². The predicted molar refractivity (Wildman–Crippen MR) is 58.3 cm³/mol. The second kappa shape index (κ2) is 6.46. The molecule has 0 aliphatic rings. The Hall–Kier alpha value is -2.12. The Balaban J connectivity index is 2.10. The quantitative estimate of drug-likeness (QED) is 0.578. The molecule has 17 heavy (non-hydrogen) atoms. The first-order valence-corrected chi connectivity index (χ1v) is 5.21. The summed E-state index contributed by atoms with van der Waals surface area (Å²) in [4.78, 5) is 21.7. The van der Waals surface area contributed by atoms with Crippen molar-refractivity contribution >= 4 is 12.0 Å². The zero-order valence-electron chi connectivity index (χ0n) is 9.46. The lowest BCUT2D eigenvalue weighted by atomic mass is 10.3. The van der Waals surface area contributed by atoms with Gasteiger partial charge in [0, 0.05) is 19.3 Å². The van der Waals surface area contributed by atoms with Crippen LogP contribution >= 0.6 is 0 Å². The van der Waals surface area contributed by atoms with Gasteiger partial charge in [-0.05, 0) is 13.3 Å². The van der Waals surface area contributed by atoms with Crippen LogP contribution in [0.1, 0.15) is 13.3 Å². The average Bonchev–Trinajstić information content (AvgIpc) is 2.77. The highest BCUT2D eigenvalue weighted by atomic mass is 16.4. The van der Waals surface area contributed by atoms with Crippen LogP contribution in [0.15, 0.2) is 12.4 Å². The Morgan fingerprint density at radius 3 is 2.88 bits per heavy atom. The van der Waals surface area contributed by atoms with Crippen molar-refractivity contribution in [2.45, 2.75) is 25.9 Å². The third-order valence-electron chi connectivity index (χ3n) is 2.04. The van der Waals surface area contributed by atoms with Crippen LogP contribution in [-0.2, 0) is 11.3 Å². The first-order valence-electron chi connectivity index (χ1n) is 5.21. The van der Waals surface area contributed by atoms with Gasteiger partial charge in [0.05, 0.1) is 6.20 Å². The number of aromatic nitrogens is 3. The third-order valence-corrected chi connectivity index (χ3v) is 2.04. The van der Waals surface area contributed by atoms with Crippen LogP contribution in [0, 0.1) is 0 Å². The first-order chi connectivity index (χ1) is 8.09. The van der Waals surface area contributed by atoms with Crippen molar-refractivity contribution in [3.05, 3.63) is 12.4 Å². The highest BCUT2D eigenvalue weighted by Crippen LogP contribution is 1.86. The van der Waals surface area contributed by atoms with E-state index >= 15 is 0 Å². The molecule has 8 nitrogen and oxygen atoms in total. The molecule has 0 fully saturated rings. The second-order valence-corrected chi connectivity index (χ2v) is 3.48. The summed E-state index contributed by atoms with van der Waals surface area (Å²) < 4.78 is 1.65. The summed E-state index contributed by atoms with van der Waals surface area (Å²) in [5.74, 6) is -1.07. The Morgan fingerprint density at radius 2 is 2.29 bits per heavy atom. The summed E-state index contributed by atoms with van der Waals surface area (Å²) >= 11 is 0. The molecule has 0 spiro atoms. The Morgan fingerprint density at radius 1 is 1.53 bits per heavy atom. The molecule has 0 aromatic carbocycles. The van der Waals surface area contributed by atoms with Gasteiger partial charge in [-0.3, -0.25) is 9.48 Å². The number of rotatable bonds is 6. The van der Waals surface area contributed by atoms with Crippen LogP contribution in [0.4, 0.5) is 4.79 Å². The monoisotopic (exact) mass is 241 g/mol. The van der Waals surface area contributed by atoms with E-state index in [9.17, 15) is 9.59 Å². The van der Waals surface area contributed by atoms with Crippen molar-refractivity contribution in [1.29, 1.82) is 0 Å².